The molecule has 0 aliphatic carbocycles. The zero-order valence-corrected chi connectivity index (χ0v) is 7.04. The van der Waals surface area contributed by atoms with Gasteiger partial charge in [0.1, 0.15) is 0 Å². The molecule has 3 nitrogen and oxygen atoms in total. The van der Waals surface area contributed by atoms with Gasteiger partial charge in [-0.1, -0.05) is 5.92 Å². The second-order valence-electron chi connectivity index (χ2n) is 2.01. The minimum Gasteiger partial charge on any atom is -0.505 e. The van der Waals surface area contributed by atoms with Crippen LogP contribution in [0.1, 0.15) is 12.2 Å². The van der Waals surface area contributed by atoms with Gasteiger partial charge in [-0.3, -0.25) is 0 Å². The largest absolute Gasteiger partial charge is 0.505 e. The van der Waals surface area contributed by atoms with Crippen LogP contribution in [0.5, 0.6) is 5.75 Å². The smallest absolute Gasteiger partial charge is 0.205 e. The van der Waals surface area contributed by atoms with Crippen molar-refractivity contribution in [1.29, 1.82) is 0 Å². The summed E-state index contributed by atoms with van der Waals surface area (Å²) in [5.74, 6) is 6.43. The van der Waals surface area contributed by atoms with E-state index in [0.29, 0.717) is 18.1 Å². The molecule has 0 radical (unpaired) electrons. The molecule has 1 rings (SSSR count). The van der Waals surface area contributed by atoms with Gasteiger partial charge in [0, 0.05) is 12.3 Å². The van der Waals surface area contributed by atoms with Gasteiger partial charge in [0.25, 0.3) is 0 Å². The fourth-order valence-corrected chi connectivity index (χ4v) is 0.669. The third-order valence-electron chi connectivity index (χ3n) is 1.06. The number of hydrogen-bond acceptors (Lipinski definition) is 3. The van der Waals surface area contributed by atoms with E-state index in [9.17, 15) is 0 Å². The summed E-state index contributed by atoms with van der Waals surface area (Å²) in [6.07, 6.45) is 3.22. The minimum absolute atomic E-state index is 0.0397. The average Bonchev–Trinajstić information content (AvgIpc) is 2.09. The van der Waals surface area contributed by atoms with E-state index in [4.69, 9.17) is 16.7 Å². The first-order valence-corrected chi connectivity index (χ1v) is 3.92. The van der Waals surface area contributed by atoms with E-state index in [2.05, 4.69) is 21.8 Å². The Morgan fingerprint density at radius 1 is 1.42 bits per heavy atom. The topological polar surface area (TPSA) is 46.0 Å². The molecule has 12 heavy (non-hydrogen) atoms. The number of halogens is 1. The Balaban J connectivity index is 2.66. The monoisotopic (exact) mass is 182 g/mol. The van der Waals surface area contributed by atoms with Crippen LogP contribution < -0.4 is 0 Å². The Hall–Kier alpha value is -1.27. The Morgan fingerprint density at radius 2 is 2.08 bits per heavy atom. The maximum atomic E-state index is 8.83. The summed E-state index contributed by atoms with van der Waals surface area (Å²) in [5.41, 5.74) is 0. The summed E-state index contributed by atoms with van der Waals surface area (Å²) >= 11 is 5.41. The van der Waals surface area contributed by atoms with E-state index in [0.717, 1.165) is 0 Å². The number of alkyl halides is 1. The summed E-state index contributed by atoms with van der Waals surface area (Å²) in [7, 11) is 0. The Morgan fingerprint density at radius 3 is 2.67 bits per heavy atom. The number of aromatic nitrogens is 2. The highest BCUT2D eigenvalue weighted by molar-refractivity contribution is 6.18. The quantitative estimate of drug-likeness (QED) is 0.524. The van der Waals surface area contributed by atoms with E-state index in [1.54, 1.807) is 0 Å². The normalized spacial score (nSPS) is 8.75. The molecule has 1 N–H and O–H groups in total. The van der Waals surface area contributed by atoms with Gasteiger partial charge in [0.15, 0.2) is 5.75 Å². The zero-order chi connectivity index (χ0) is 8.81. The molecule has 4 heteroatoms. The number of aromatic hydroxyl groups is 1. The molecule has 0 aromatic carbocycles. The van der Waals surface area contributed by atoms with Crippen molar-refractivity contribution in [3.63, 3.8) is 0 Å². The highest BCUT2D eigenvalue weighted by Gasteiger charge is 1.89. The van der Waals surface area contributed by atoms with Gasteiger partial charge in [-0.2, -0.15) is 0 Å². The van der Waals surface area contributed by atoms with E-state index in [1.807, 2.05) is 0 Å². The van der Waals surface area contributed by atoms with Crippen LogP contribution in [0.3, 0.4) is 0 Å². The van der Waals surface area contributed by atoms with E-state index >= 15 is 0 Å². The summed E-state index contributed by atoms with van der Waals surface area (Å²) in [4.78, 5) is 7.54. The third kappa shape index (κ3) is 2.77. The van der Waals surface area contributed by atoms with Crippen molar-refractivity contribution in [3.05, 3.63) is 18.2 Å². The Labute approximate surface area is 75.4 Å². The molecule has 0 aliphatic rings. The van der Waals surface area contributed by atoms with Crippen LogP contribution in [-0.4, -0.2) is 21.0 Å². The molecule has 0 saturated heterocycles. The molecule has 0 aliphatic heterocycles. The lowest BCUT2D eigenvalue weighted by atomic mass is 10.4. The van der Waals surface area contributed by atoms with Crippen molar-refractivity contribution in [2.75, 3.05) is 5.88 Å². The maximum absolute atomic E-state index is 8.83. The lowest BCUT2D eigenvalue weighted by molar-refractivity contribution is 0.469. The van der Waals surface area contributed by atoms with Crippen molar-refractivity contribution in [2.24, 2.45) is 0 Å². The van der Waals surface area contributed by atoms with Crippen LogP contribution in [0.15, 0.2) is 12.4 Å². The molecule has 0 spiro atoms. The van der Waals surface area contributed by atoms with Gasteiger partial charge in [-0.25, -0.2) is 9.97 Å². The van der Waals surface area contributed by atoms with Gasteiger partial charge in [-0.15, -0.1) is 11.6 Å². The molecule has 0 atom stereocenters. The lowest BCUT2D eigenvalue weighted by Crippen LogP contribution is -1.85. The second-order valence-corrected chi connectivity index (χ2v) is 2.38. The molecule has 62 valence electrons. The van der Waals surface area contributed by atoms with Crippen molar-refractivity contribution in [3.8, 4) is 17.6 Å². The summed E-state index contributed by atoms with van der Waals surface area (Å²) in [6.45, 7) is 0. The maximum Gasteiger partial charge on any atom is 0.205 e. The third-order valence-corrected chi connectivity index (χ3v) is 1.25. The molecule has 0 fully saturated rings. The lowest BCUT2D eigenvalue weighted by Gasteiger charge is -1.88. The molecule has 0 saturated carbocycles. The standard InChI is InChI=1S/C8H7ClN2O/c9-4-2-1-3-8-10-5-7(12)6-11-8/h5-6,12H,2,4H2. The van der Waals surface area contributed by atoms with Crippen molar-refractivity contribution in [1.82, 2.24) is 9.97 Å². The Bertz CT molecular complexity index is 299. The van der Waals surface area contributed by atoms with Crippen LogP contribution >= 0.6 is 11.6 Å². The summed E-state index contributed by atoms with van der Waals surface area (Å²) in [6, 6.07) is 0. The van der Waals surface area contributed by atoms with Crippen LogP contribution in [0.25, 0.3) is 0 Å². The van der Waals surface area contributed by atoms with Crippen molar-refractivity contribution in [2.45, 2.75) is 6.42 Å². The molecule has 0 amide bonds. The zero-order valence-electron chi connectivity index (χ0n) is 6.29. The van der Waals surface area contributed by atoms with Gasteiger partial charge >= 0.3 is 0 Å². The molecule has 1 aromatic heterocycles. The van der Waals surface area contributed by atoms with Crippen LogP contribution in [0.4, 0.5) is 0 Å². The minimum atomic E-state index is 0.0397. The van der Waals surface area contributed by atoms with Crippen molar-refractivity contribution < 1.29 is 5.11 Å². The van der Waals surface area contributed by atoms with E-state index < -0.39 is 0 Å². The number of rotatable bonds is 1. The SMILES string of the molecule is Oc1cnc(C#CCCCl)nc1. The average molecular weight is 183 g/mol. The number of nitrogens with zero attached hydrogens (tertiary/aromatic N) is 2. The molecular formula is C8H7ClN2O. The van der Waals surface area contributed by atoms with Gasteiger partial charge in [-0.05, 0) is 5.92 Å². The Kier molecular flexibility index (Phi) is 3.36. The second kappa shape index (κ2) is 4.58. The van der Waals surface area contributed by atoms with Crippen LogP contribution in [0, 0.1) is 11.8 Å². The molecule has 0 unspecified atom stereocenters. The van der Waals surface area contributed by atoms with Crippen LogP contribution in [-0.2, 0) is 0 Å². The molecule has 1 aromatic rings. The predicted molar refractivity (Wildman–Crippen MR) is 45.9 cm³/mol. The first-order valence-electron chi connectivity index (χ1n) is 3.39. The van der Waals surface area contributed by atoms with E-state index in [1.165, 1.54) is 12.4 Å². The first-order chi connectivity index (χ1) is 5.83. The summed E-state index contributed by atoms with van der Waals surface area (Å²) in [5, 5.41) is 8.83. The highest BCUT2D eigenvalue weighted by atomic mass is 35.5. The highest BCUT2D eigenvalue weighted by Crippen LogP contribution is 2.00. The van der Waals surface area contributed by atoms with E-state index in [-0.39, 0.29) is 5.75 Å². The van der Waals surface area contributed by atoms with Crippen LogP contribution in [0.2, 0.25) is 0 Å². The van der Waals surface area contributed by atoms with Gasteiger partial charge in [0.05, 0.1) is 12.4 Å². The van der Waals surface area contributed by atoms with Gasteiger partial charge < -0.3 is 5.11 Å². The molecule has 1 heterocycles. The fourth-order valence-electron chi connectivity index (χ4n) is 0.575. The first kappa shape index (κ1) is 8.82. The molecular weight excluding hydrogens is 176 g/mol. The van der Waals surface area contributed by atoms with Gasteiger partial charge in [0.2, 0.25) is 5.82 Å². The predicted octanol–water partition coefficient (Wildman–Crippen LogP) is 1.16. The summed E-state index contributed by atoms with van der Waals surface area (Å²) < 4.78 is 0. The number of hydrogen-bond donors (Lipinski definition) is 1. The fraction of sp³-hybridized carbons (Fsp3) is 0.250. The van der Waals surface area contributed by atoms with Crippen molar-refractivity contribution >= 4 is 11.6 Å². The molecule has 0 bridgehead atoms.